The van der Waals surface area contributed by atoms with Crippen molar-refractivity contribution in [1.82, 2.24) is 0 Å². The van der Waals surface area contributed by atoms with Gasteiger partial charge in [0.2, 0.25) is 0 Å². The molecule has 0 aromatic heterocycles. The molecule has 31 heavy (non-hydrogen) atoms. The summed E-state index contributed by atoms with van der Waals surface area (Å²) in [7, 11) is 0. The van der Waals surface area contributed by atoms with Gasteiger partial charge in [0.05, 0.1) is 16.5 Å². The molecule has 7 heteroatoms. The summed E-state index contributed by atoms with van der Waals surface area (Å²) in [6, 6.07) is 0. The first-order valence-electron chi connectivity index (χ1n) is 11.5. The molecule has 0 amide bonds. The summed E-state index contributed by atoms with van der Waals surface area (Å²) in [5, 5.41) is 22.8. The fourth-order valence-corrected chi connectivity index (χ4v) is 7.67. The number of carbonyl (C=O) groups is 2. The van der Waals surface area contributed by atoms with E-state index in [1.165, 1.54) is 19.4 Å². The van der Waals surface area contributed by atoms with Crippen LogP contribution in [0.5, 0.6) is 0 Å². The van der Waals surface area contributed by atoms with Crippen molar-refractivity contribution in [3.63, 3.8) is 0 Å². The molecule has 4 aliphatic rings. The number of hydrogen-bond acceptors (Lipinski definition) is 6. The normalized spacial score (nSPS) is 46.9. The van der Waals surface area contributed by atoms with Crippen LogP contribution in [0.2, 0.25) is 0 Å². The highest BCUT2D eigenvalue weighted by Gasteiger charge is 2.67. The molecule has 0 bridgehead atoms. The zero-order chi connectivity index (χ0) is 22.8. The second kappa shape index (κ2) is 7.84. The van der Waals surface area contributed by atoms with Gasteiger partial charge in [-0.05, 0) is 55.3 Å². The minimum absolute atomic E-state index is 0.0141. The summed E-state index contributed by atoms with van der Waals surface area (Å²) < 4.78 is 10.9. The first kappa shape index (κ1) is 23.2. The van der Waals surface area contributed by atoms with Crippen molar-refractivity contribution in [3.8, 4) is 0 Å². The molecule has 0 spiro atoms. The van der Waals surface area contributed by atoms with E-state index >= 15 is 0 Å². The van der Waals surface area contributed by atoms with Crippen LogP contribution in [0.15, 0.2) is 11.6 Å². The van der Waals surface area contributed by atoms with Crippen molar-refractivity contribution >= 4 is 27.9 Å². The maximum absolute atomic E-state index is 11.8. The number of ether oxygens (including phenoxy) is 2. The first-order chi connectivity index (χ1) is 14.4. The number of halogens is 1. The Labute approximate surface area is 192 Å². The lowest BCUT2D eigenvalue weighted by atomic mass is 9.41. The van der Waals surface area contributed by atoms with Crippen LogP contribution in [0.1, 0.15) is 66.2 Å². The second-order valence-electron chi connectivity index (χ2n) is 10.9. The molecule has 0 radical (unpaired) electrons. The Morgan fingerprint density at radius 3 is 2.55 bits per heavy atom. The van der Waals surface area contributed by atoms with Gasteiger partial charge in [-0.1, -0.05) is 41.4 Å². The Morgan fingerprint density at radius 2 is 1.97 bits per heavy atom. The number of alkyl halides is 1. The van der Waals surface area contributed by atoms with E-state index in [2.05, 4.69) is 35.9 Å². The molecule has 9 atom stereocenters. The van der Waals surface area contributed by atoms with Crippen molar-refractivity contribution in [2.45, 2.75) is 88.9 Å². The topological polar surface area (TPSA) is 93.1 Å². The Morgan fingerprint density at radius 1 is 1.26 bits per heavy atom. The fourth-order valence-electron chi connectivity index (χ4n) is 7.16. The maximum atomic E-state index is 11.8. The molecule has 4 aliphatic carbocycles. The molecule has 4 rings (SSSR count). The van der Waals surface area contributed by atoms with Crippen LogP contribution in [0.4, 0.5) is 0 Å². The number of fused-ring (bicyclic) bond motifs is 5. The lowest BCUT2D eigenvalue weighted by Crippen LogP contribution is -2.69. The maximum Gasteiger partial charge on any atom is 0.302 e. The zero-order valence-electron chi connectivity index (χ0n) is 18.9. The molecule has 0 aliphatic heterocycles. The molecule has 174 valence electrons. The molecule has 3 fully saturated rings. The number of esters is 2. The molecule has 2 N–H and O–H groups in total. The minimum Gasteiger partial charge on any atom is -0.465 e. The molecular formula is C24H35BrO6. The number of carbonyl (C=O) groups excluding carboxylic acids is 2. The Kier molecular flexibility index (Phi) is 5.88. The highest BCUT2D eigenvalue weighted by Crippen LogP contribution is 2.67. The van der Waals surface area contributed by atoms with Gasteiger partial charge < -0.3 is 19.7 Å². The van der Waals surface area contributed by atoms with E-state index in [0.717, 1.165) is 19.3 Å². The largest absolute Gasteiger partial charge is 0.465 e. The summed E-state index contributed by atoms with van der Waals surface area (Å²) in [6.45, 7) is 7.51. The summed E-state index contributed by atoms with van der Waals surface area (Å²) >= 11 is 3.73. The van der Waals surface area contributed by atoms with Gasteiger partial charge in [0, 0.05) is 25.7 Å². The van der Waals surface area contributed by atoms with Crippen LogP contribution in [-0.2, 0) is 19.1 Å². The average molecular weight is 499 g/mol. The van der Waals surface area contributed by atoms with Gasteiger partial charge in [0.25, 0.3) is 0 Å². The van der Waals surface area contributed by atoms with Crippen molar-refractivity contribution in [1.29, 1.82) is 0 Å². The molecule has 0 aromatic rings. The van der Waals surface area contributed by atoms with Gasteiger partial charge in [-0.15, -0.1) is 0 Å². The number of hydrogen-bond donors (Lipinski definition) is 2. The Hall–Kier alpha value is -0.920. The first-order valence-corrected chi connectivity index (χ1v) is 12.4. The summed E-state index contributed by atoms with van der Waals surface area (Å²) in [5.74, 6) is -0.686. The third-order valence-electron chi connectivity index (χ3n) is 8.93. The highest BCUT2D eigenvalue weighted by molar-refractivity contribution is 9.09. The van der Waals surface area contributed by atoms with Crippen molar-refractivity contribution in [2.24, 2.45) is 28.6 Å². The van der Waals surface area contributed by atoms with Gasteiger partial charge in [0.1, 0.15) is 12.7 Å². The van der Waals surface area contributed by atoms with Crippen molar-refractivity contribution in [3.05, 3.63) is 11.6 Å². The van der Waals surface area contributed by atoms with E-state index in [-0.39, 0.29) is 51.5 Å². The molecule has 0 saturated heterocycles. The molecule has 0 aromatic carbocycles. The van der Waals surface area contributed by atoms with Crippen LogP contribution in [0.25, 0.3) is 0 Å². The lowest BCUT2D eigenvalue weighted by Gasteiger charge is -2.66. The smallest absolute Gasteiger partial charge is 0.302 e. The van der Waals surface area contributed by atoms with E-state index in [4.69, 9.17) is 9.47 Å². The Balaban J connectivity index is 1.64. The second-order valence-corrected chi connectivity index (χ2v) is 12.0. The van der Waals surface area contributed by atoms with E-state index in [1.54, 1.807) is 0 Å². The fraction of sp³-hybridized carbons (Fsp3) is 0.833. The van der Waals surface area contributed by atoms with Gasteiger partial charge in [0.15, 0.2) is 0 Å². The van der Waals surface area contributed by atoms with Gasteiger partial charge in [-0.2, -0.15) is 0 Å². The van der Waals surface area contributed by atoms with E-state index in [9.17, 15) is 19.8 Å². The summed E-state index contributed by atoms with van der Waals surface area (Å²) in [4.78, 5) is 23.0. The van der Waals surface area contributed by atoms with Gasteiger partial charge in [-0.3, -0.25) is 9.59 Å². The van der Waals surface area contributed by atoms with Crippen LogP contribution in [0, 0.1) is 28.6 Å². The third kappa shape index (κ3) is 3.68. The van der Waals surface area contributed by atoms with Gasteiger partial charge in [-0.25, -0.2) is 0 Å². The van der Waals surface area contributed by atoms with E-state index in [1.807, 2.05) is 0 Å². The third-order valence-corrected chi connectivity index (χ3v) is 10.3. The SMILES string of the molecule is CC(=O)OC[C@H](Br)[C@]1(C)CC=C2[C@H](C1)[C@@H](O)C[C@H]1[C@]3(O)CC[C@@H]3[C@@H](OC(C)=O)C[C@]21C. The average Bonchev–Trinajstić information content (AvgIpc) is 2.66. The van der Waals surface area contributed by atoms with Crippen molar-refractivity contribution in [2.75, 3.05) is 6.61 Å². The molecule has 6 nitrogen and oxygen atoms in total. The zero-order valence-corrected chi connectivity index (χ0v) is 20.5. The van der Waals surface area contributed by atoms with Crippen LogP contribution in [0.3, 0.4) is 0 Å². The molecule has 0 unspecified atom stereocenters. The van der Waals surface area contributed by atoms with E-state index < -0.39 is 11.7 Å². The van der Waals surface area contributed by atoms with Crippen LogP contribution >= 0.6 is 15.9 Å². The number of aliphatic hydroxyl groups excluding tert-OH is 1. The highest BCUT2D eigenvalue weighted by atomic mass is 79.9. The summed E-state index contributed by atoms with van der Waals surface area (Å²) in [6.07, 6.45) is 5.84. The van der Waals surface area contributed by atoms with Crippen LogP contribution < -0.4 is 0 Å². The molecule has 0 heterocycles. The Bertz CT molecular complexity index is 797. The lowest BCUT2D eigenvalue weighted by molar-refractivity contribution is -0.253. The quantitative estimate of drug-likeness (QED) is 0.350. The van der Waals surface area contributed by atoms with E-state index in [0.29, 0.717) is 25.9 Å². The number of rotatable bonds is 4. The minimum atomic E-state index is -0.881. The standard InChI is InChI=1S/C24H35BrO6/c1-13(26)30-12-21(25)22(3)7-5-16-15(10-22)18(28)9-20-23(16,4)11-19(31-14(2)27)17-6-8-24(17,20)29/h5,15,17-21,28-29H,6-12H2,1-4H3/t15-,17+,18-,19-,20+,21-,22+,23+,24-/m0/s1. The number of allylic oxidation sites excluding steroid dienone is 1. The predicted molar refractivity (Wildman–Crippen MR) is 118 cm³/mol. The van der Waals surface area contributed by atoms with Gasteiger partial charge >= 0.3 is 11.9 Å². The molecular weight excluding hydrogens is 464 g/mol. The van der Waals surface area contributed by atoms with Crippen molar-refractivity contribution < 1.29 is 29.3 Å². The molecule has 3 saturated carbocycles. The monoisotopic (exact) mass is 498 g/mol. The number of aliphatic hydroxyl groups is 2. The van der Waals surface area contributed by atoms with Crippen LogP contribution in [-0.4, -0.2) is 51.4 Å². The summed E-state index contributed by atoms with van der Waals surface area (Å²) in [5.41, 5.74) is -0.145. The predicted octanol–water partition coefficient (Wildman–Crippen LogP) is 3.52.